The zero-order chi connectivity index (χ0) is 23.6. The van der Waals surface area contributed by atoms with E-state index in [1.165, 1.54) is 28.8 Å². The lowest BCUT2D eigenvalue weighted by Crippen LogP contribution is -2.47. The molecule has 4 rings (SSSR count). The molecule has 10 nitrogen and oxygen atoms in total. The Bertz CT molecular complexity index is 1280. The van der Waals surface area contributed by atoms with E-state index in [0.29, 0.717) is 31.9 Å². The summed E-state index contributed by atoms with van der Waals surface area (Å²) < 4.78 is 41.8. The summed E-state index contributed by atoms with van der Waals surface area (Å²) in [6, 6.07) is 7.03. The van der Waals surface area contributed by atoms with Crippen molar-refractivity contribution in [3.8, 4) is 11.3 Å². The predicted octanol–water partition coefficient (Wildman–Crippen LogP) is 1.45. The van der Waals surface area contributed by atoms with E-state index in [-0.39, 0.29) is 22.8 Å². The van der Waals surface area contributed by atoms with Crippen LogP contribution in [0.5, 0.6) is 0 Å². The highest BCUT2D eigenvalue weighted by atomic mass is 32.2. The predicted molar refractivity (Wildman–Crippen MR) is 120 cm³/mol. The number of carbonyl (C=O) groups excluding carboxylic acids is 1. The summed E-state index contributed by atoms with van der Waals surface area (Å²) in [7, 11) is -2.06. The highest BCUT2D eigenvalue weighted by Crippen LogP contribution is 2.26. The summed E-state index contributed by atoms with van der Waals surface area (Å²) in [5, 5.41) is 2.61. The van der Waals surface area contributed by atoms with Gasteiger partial charge in [-0.2, -0.15) is 4.31 Å². The second-order valence-corrected chi connectivity index (χ2v) is 9.44. The van der Waals surface area contributed by atoms with Crippen LogP contribution in [0.1, 0.15) is 10.5 Å². The number of piperazine rings is 1. The van der Waals surface area contributed by atoms with Gasteiger partial charge < -0.3 is 16.0 Å². The molecule has 3 heterocycles. The Morgan fingerprint density at radius 2 is 1.91 bits per heavy atom. The van der Waals surface area contributed by atoms with E-state index < -0.39 is 26.6 Å². The van der Waals surface area contributed by atoms with Crippen LogP contribution in [-0.2, 0) is 10.0 Å². The van der Waals surface area contributed by atoms with Crippen LogP contribution in [0.4, 0.5) is 15.9 Å². The number of carbonyl (C=O) groups is 1. The lowest BCUT2D eigenvalue weighted by atomic mass is 10.1. The van der Waals surface area contributed by atoms with Crippen LogP contribution in [0.25, 0.3) is 11.3 Å². The third-order valence-corrected chi connectivity index (χ3v) is 7.17. The lowest BCUT2D eigenvalue weighted by Gasteiger charge is -2.31. The van der Waals surface area contributed by atoms with Gasteiger partial charge >= 0.3 is 0 Å². The summed E-state index contributed by atoms with van der Waals surface area (Å²) in [6.45, 7) is 1.75. The molecule has 3 aromatic rings. The van der Waals surface area contributed by atoms with Crippen LogP contribution in [-0.4, -0.2) is 71.7 Å². The number of halogens is 1. The molecule has 0 spiro atoms. The number of rotatable bonds is 5. The van der Waals surface area contributed by atoms with E-state index in [4.69, 9.17) is 5.73 Å². The summed E-state index contributed by atoms with van der Waals surface area (Å²) in [5.41, 5.74) is 6.76. The first-order valence-electron chi connectivity index (χ1n) is 10.1. The maximum absolute atomic E-state index is 14.8. The normalized spacial score (nSPS) is 15.3. The SMILES string of the molecule is CN1CCN(S(=O)(=O)c2ccc(-c3cnc(C(=O)Nc4cccnc4)c(N)n3)cc2F)CC1. The van der Waals surface area contributed by atoms with Crippen LogP contribution in [0.2, 0.25) is 0 Å². The molecule has 1 aromatic carbocycles. The minimum atomic E-state index is -3.96. The first-order chi connectivity index (χ1) is 15.8. The number of aromatic nitrogens is 3. The smallest absolute Gasteiger partial charge is 0.278 e. The molecule has 3 N–H and O–H groups in total. The average molecular weight is 472 g/mol. The fourth-order valence-electron chi connectivity index (χ4n) is 3.38. The lowest BCUT2D eigenvalue weighted by molar-refractivity contribution is 0.102. The van der Waals surface area contributed by atoms with Gasteiger partial charge in [-0.15, -0.1) is 0 Å². The number of pyridine rings is 1. The second kappa shape index (κ2) is 9.17. The fraction of sp³-hybridized carbons (Fsp3) is 0.238. The van der Waals surface area contributed by atoms with Crippen molar-refractivity contribution in [3.63, 3.8) is 0 Å². The molecule has 1 amide bonds. The minimum absolute atomic E-state index is 0.0997. The van der Waals surface area contributed by atoms with Crippen molar-refractivity contribution in [2.75, 3.05) is 44.3 Å². The van der Waals surface area contributed by atoms with Crippen molar-refractivity contribution < 1.29 is 17.6 Å². The molecular formula is C21H22FN7O3S. The third kappa shape index (κ3) is 4.82. The average Bonchev–Trinajstić information content (AvgIpc) is 2.79. The number of anilines is 2. The minimum Gasteiger partial charge on any atom is -0.382 e. The molecule has 0 radical (unpaired) electrons. The molecule has 1 saturated heterocycles. The monoisotopic (exact) mass is 471 g/mol. The summed E-state index contributed by atoms with van der Waals surface area (Å²) in [4.78, 5) is 26.1. The maximum atomic E-state index is 14.8. The van der Waals surface area contributed by atoms with Crippen LogP contribution in [0.15, 0.2) is 53.8 Å². The molecule has 0 bridgehead atoms. The quantitative estimate of drug-likeness (QED) is 0.571. The number of benzene rings is 1. The molecule has 0 unspecified atom stereocenters. The van der Waals surface area contributed by atoms with Gasteiger partial charge in [0.05, 0.1) is 23.8 Å². The van der Waals surface area contributed by atoms with Gasteiger partial charge in [-0.25, -0.2) is 22.8 Å². The first-order valence-corrected chi connectivity index (χ1v) is 11.5. The topological polar surface area (TPSA) is 134 Å². The Hall–Kier alpha value is -3.48. The number of sulfonamides is 1. The Morgan fingerprint density at radius 3 is 2.55 bits per heavy atom. The third-order valence-electron chi connectivity index (χ3n) is 5.24. The molecule has 33 heavy (non-hydrogen) atoms. The molecule has 1 aliphatic rings. The van der Waals surface area contributed by atoms with Crippen molar-refractivity contribution in [2.24, 2.45) is 0 Å². The summed E-state index contributed by atoms with van der Waals surface area (Å²) in [5.74, 6) is -1.62. The van der Waals surface area contributed by atoms with Gasteiger partial charge in [0.1, 0.15) is 10.7 Å². The van der Waals surface area contributed by atoms with Gasteiger partial charge in [-0.05, 0) is 31.3 Å². The van der Waals surface area contributed by atoms with E-state index in [1.54, 1.807) is 18.3 Å². The van der Waals surface area contributed by atoms with Crippen LogP contribution < -0.4 is 11.1 Å². The molecule has 172 valence electrons. The molecular weight excluding hydrogens is 449 g/mol. The van der Waals surface area contributed by atoms with Crippen LogP contribution in [0.3, 0.4) is 0 Å². The maximum Gasteiger partial charge on any atom is 0.278 e. The van der Waals surface area contributed by atoms with Crippen molar-refractivity contribution in [3.05, 3.63) is 60.4 Å². The Balaban J connectivity index is 1.55. The zero-order valence-corrected chi connectivity index (χ0v) is 18.6. The van der Waals surface area contributed by atoms with Crippen LogP contribution in [0, 0.1) is 5.82 Å². The standard InChI is InChI=1S/C21H22FN7O3S/c1-28-7-9-29(10-8-28)33(31,32)18-5-4-14(11-16(18)22)17-13-25-19(20(23)27-17)21(30)26-15-3-2-6-24-12-15/h2-6,11-13H,7-10H2,1H3,(H2,23,27)(H,26,30). The molecule has 1 fully saturated rings. The second-order valence-electron chi connectivity index (χ2n) is 7.54. The van der Waals surface area contributed by atoms with Crippen LogP contribution >= 0.6 is 0 Å². The number of nitrogen functional groups attached to an aromatic ring is 1. The Kier molecular flexibility index (Phi) is 6.31. The van der Waals surface area contributed by atoms with E-state index in [2.05, 4.69) is 20.3 Å². The van der Waals surface area contributed by atoms with Crippen molar-refractivity contribution in [1.29, 1.82) is 0 Å². The number of hydrogen-bond donors (Lipinski definition) is 2. The molecule has 1 aliphatic heterocycles. The fourth-order valence-corrected chi connectivity index (χ4v) is 4.85. The Labute approximate surface area is 190 Å². The molecule has 12 heteroatoms. The van der Waals surface area contributed by atoms with Gasteiger partial charge in [0.2, 0.25) is 10.0 Å². The number of hydrogen-bond acceptors (Lipinski definition) is 8. The summed E-state index contributed by atoms with van der Waals surface area (Å²) in [6.07, 6.45) is 4.31. The number of likely N-dealkylation sites (N-methyl/N-ethyl adjacent to an activating group) is 1. The van der Waals surface area contributed by atoms with Gasteiger partial charge in [0.15, 0.2) is 11.5 Å². The zero-order valence-electron chi connectivity index (χ0n) is 17.8. The number of nitrogens with two attached hydrogens (primary N) is 1. The number of nitrogens with zero attached hydrogens (tertiary/aromatic N) is 5. The van der Waals surface area contributed by atoms with E-state index in [1.807, 2.05) is 11.9 Å². The molecule has 0 saturated carbocycles. The Morgan fingerprint density at radius 1 is 1.15 bits per heavy atom. The molecule has 0 atom stereocenters. The molecule has 0 aliphatic carbocycles. The largest absolute Gasteiger partial charge is 0.382 e. The summed E-state index contributed by atoms with van der Waals surface area (Å²) >= 11 is 0. The van der Waals surface area contributed by atoms with Gasteiger partial charge in [-0.3, -0.25) is 9.78 Å². The van der Waals surface area contributed by atoms with Crippen molar-refractivity contribution in [1.82, 2.24) is 24.2 Å². The van der Waals surface area contributed by atoms with Gasteiger partial charge in [-0.1, -0.05) is 6.07 Å². The number of amides is 1. The number of nitrogens with one attached hydrogen (secondary N) is 1. The van der Waals surface area contributed by atoms with Crippen molar-refractivity contribution >= 4 is 27.4 Å². The van der Waals surface area contributed by atoms with E-state index in [0.717, 1.165) is 6.07 Å². The highest BCUT2D eigenvalue weighted by Gasteiger charge is 2.30. The van der Waals surface area contributed by atoms with E-state index in [9.17, 15) is 17.6 Å². The molecule has 2 aromatic heterocycles. The van der Waals surface area contributed by atoms with Gasteiger partial charge in [0, 0.05) is 37.9 Å². The van der Waals surface area contributed by atoms with Gasteiger partial charge in [0.25, 0.3) is 5.91 Å². The van der Waals surface area contributed by atoms with E-state index >= 15 is 0 Å². The first kappa shape index (κ1) is 22.7. The van der Waals surface area contributed by atoms with Crippen molar-refractivity contribution in [2.45, 2.75) is 4.90 Å². The highest BCUT2D eigenvalue weighted by molar-refractivity contribution is 7.89.